The summed E-state index contributed by atoms with van der Waals surface area (Å²) in [5, 5.41) is 0.0174. The second-order valence-electron chi connectivity index (χ2n) is 6.29. The molecule has 2 N–H and O–H groups in total. The molecule has 4 nitrogen and oxygen atoms in total. The Balaban J connectivity index is 1.84. The quantitative estimate of drug-likeness (QED) is 0.911. The summed E-state index contributed by atoms with van der Waals surface area (Å²) in [6.07, 6.45) is 2.04. The molecule has 1 aromatic rings. The highest BCUT2D eigenvalue weighted by atomic mass is 32.2. The summed E-state index contributed by atoms with van der Waals surface area (Å²) in [4.78, 5) is 0.793. The van der Waals surface area contributed by atoms with Crippen molar-refractivity contribution in [2.24, 2.45) is 17.6 Å². The molecule has 116 valence electrons. The monoisotopic (exact) mass is 309 g/mol. The largest absolute Gasteiger partial charge is 0.486 e. The molecule has 1 aliphatic heterocycles. The van der Waals surface area contributed by atoms with E-state index >= 15 is 0 Å². The standard InChI is InChI=1S/C16H23NO3S/c1-10-7-11(2)16(13(17)8-10)21(18)12-3-4-14-15(9-12)20-6-5-19-14/h3-4,9-11,13,16H,5-8,17H2,1-2H3. The first kappa shape index (κ1) is 14.9. The van der Waals surface area contributed by atoms with Gasteiger partial charge in [-0.1, -0.05) is 13.8 Å². The van der Waals surface area contributed by atoms with E-state index in [2.05, 4.69) is 13.8 Å². The lowest BCUT2D eigenvalue weighted by molar-refractivity contribution is 0.171. The Morgan fingerprint density at radius 3 is 2.57 bits per heavy atom. The number of hydrogen-bond donors (Lipinski definition) is 1. The molecule has 0 amide bonds. The van der Waals surface area contributed by atoms with Crippen LogP contribution >= 0.6 is 0 Å². The normalized spacial score (nSPS) is 33.5. The summed E-state index contributed by atoms with van der Waals surface area (Å²) in [5.74, 6) is 2.41. The zero-order chi connectivity index (χ0) is 15.0. The van der Waals surface area contributed by atoms with Gasteiger partial charge in [0.15, 0.2) is 11.5 Å². The van der Waals surface area contributed by atoms with E-state index in [9.17, 15) is 4.21 Å². The number of rotatable bonds is 2. The van der Waals surface area contributed by atoms with Crippen molar-refractivity contribution < 1.29 is 13.7 Å². The highest BCUT2D eigenvalue weighted by molar-refractivity contribution is 7.85. The molecule has 0 bridgehead atoms. The third-order valence-corrected chi connectivity index (χ3v) is 6.45. The summed E-state index contributed by atoms with van der Waals surface area (Å²) in [7, 11) is -1.10. The van der Waals surface area contributed by atoms with Gasteiger partial charge in [-0.2, -0.15) is 0 Å². The Kier molecular flexibility index (Phi) is 4.22. The number of fused-ring (bicyclic) bond motifs is 1. The summed E-state index contributed by atoms with van der Waals surface area (Å²) < 4.78 is 24.0. The Morgan fingerprint density at radius 2 is 1.86 bits per heavy atom. The molecule has 2 aliphatic rings. The molecular weight excluding hydrogens is 286 g/mol. The highest BCUT2D eigenvalue weighted by Gasteiger charge is 2.36. The number of ether oxygens (including phenoxy) is 2. The van der Waals surface area contributed by atoms with Crippen LogP contribution in [0.4, 0.5) is 0 Å². The van der Waals surface area contributed by atoms with E-state index in [1.54, 1.807) is 0 Å². The van der Waals surface area contributed by atoms with E-state index in [0.29, 0.717) is 30.8 Å². The molecule has 0 aromatic heterocycles. The summed E-state index contributed by atoms with van der Waals surface area (Å²) in [5.41, 5.74) is 6.29. The van der Waals surface area contributed by atoms with E-state index in [4.69, 9.17) is 15.2 Å². The predicted molar refractivity (Wildman–Crippen MR) is 83.2 cm³/mol. The summed E-state index contributed by atoms with van der Waals surface area (Å²) >= 11 is 0. The molecule has 0 saturated heterocycles. The number of hydrogen-bond acceptors (Lipinski definition) is 4. The van der Waals surface area contributed by atoms with Crippen molar-refractivity contribution >= 4 is 10.8 Å². The van der Waals surface area contributed by atoms with Gasteiger partial charge in [0.25, 0.3) is 0 Å². The van der Waals surface area contributed by atoms with Crippen LogP contribution in [0.25, 0.3) is 0 Å². The summed E-state index contributed by atoms with van der Waals surface area (Å²) in [6.45, 7) is 5.49. The van der Waals surface area contributed by atoms with E-state index in [1.807, 2.05) is 18.2 Å². The second kappa shape index (κ2) is 5.97. The van der Waals surface area contributed by atoms with Crippen molar-refractivity contribution in [2.45, 2.75) is 42.9 Å². The van der Waals surface area contributed by atoms with Gasteiger partial charge < -0.3 is 15.2 Å². The van der Waals surface area contributed by atoms with Crippen LogP contribution in [0, 0.1) is 11.8 Å². The van der Waals surface area contributed by atoms with Gasteiger partial charge in [-0.25, -0.2) is 0 Å². The fourth-order valence-corrected chi connectivity index (χ4v) is 5.26. The minimum atomic E-state index is -1.10. The van der Waals surface area contributed by atoms with E-state index in [1.165, 1.54) is 0 Å². The van der Waals surface area contributed by atoms with Crippen LogP contribution in [0.15, 0.2) is 23.1 Å². The second-order valence-corrected chi connectivity index (χ2v) is 7.90. The molecule has 1 aliphatic carbocycles. The maximum Gasteiger partial charge on any atom is 0.162 e. The molecule has 3 rings (SSSR count). The Labute approximate surface area is 128 Å². The lowest BCUT2D eigenvalue weighted by Gasteiger charge is -2.37. The SMILES string of the molecule is CC1CC(C)C(S(=O)c2ccc3c(c2)OCCO3)C(N)C1. The third kappa shape index (κ3) is 2.94. The average molecular weight is 309 g/mol. The summed E-state index contributed by atoms with van der Waals surface area (Å²) in [6, 6.07) is 5.57. The van der Waals surface area contributed by atoms with Crippen LogP contribution in [0.2, 0.25) is 0 Å². The molecule has 0 spiro atoms. The smallest absolute Gasteiger partial charge is 0.162 e. The van der Waals surface area contributed by atoms with Crippen molar-refractivity contribution in [1.82, 2.24) is 0 Å². The van der Waals surface area contributed by atoms with E-state index in [0.717, 1.165) is 23.5 Å². The van der Waals surface area contributed by atoms with Crippen molar-refractivity contribution in [3.8, 4) is 11.5 Å². The molecule has 1 saturated carbocycles. The lowest BCUT2D eigenvalue weighted by Crippen LogP contribution is -2.47. The van der Waals surface area contributed by atoms with Gasteiger partial charge in [0.05, 0.1) is 16.0 Å². The maximum absolute atomic E-state index is 12.9. The molecule has 5 heteroatoms. The zero-order valence-electron chi connectivity index (χ0n) is 12.6. The maximum atomic E-state index is 12.9. The Bertz CT molecular complexity index is 536. The Hall–Kier alpha value is -1.07. The topological polar surface area (TPSA) is 61.5 Å². The zero-order valence-corrected chi connectivity index (χ0v) is 13.4. The minimum absolute atomic E-state index is 0.00205. The van der Waals surface area contributed by atoms with Crippen LogP contribution in [0.3, 0.4) is 0 Å². The van der Waals surface area contributed by atoms with Crippen LogP contribution < -0.4 is 15.2 Å². The first-order valence-corrected chi connectivity index (χ1v) is 8.83. The van der Waals surface area contributed by atoms with Crippen LogP contribution in [-0.4, -0.2) is 28.7 Å². The first-order chi connectivity index (χ1) is 10.1. The molecule has 0 radical (unpaired) electrons. The Morgan fingerprint density at radius 1 is 1.14 bits per heavy atom. The van der Waals surface area contributed by atoms with Gasteiger partial charge in [-0.3, -0.25) is 4.21 Å². The van der Waals surface area contributed by atoms with Crippen molar-refractivity contribution in [1.29, 1.82) is 0 Å². The molecule has 5 unspecified atom stereocenters. The van der Waals surface area contributed by atoms with E-state index < -0.39 is 10.8 Å². The molecule has 1 aromatic carbocycles. The van der Waals surface area contributed by atoms with Gasteiger partial charge in [-0.15, -0.1) is 0 Å². The third-order valence-electron chi connectivity index (χ3n) is 4.42. The molecular formula is C16H23NO3S. The first-order valence-electron chi connectivity index (χ1n) is 7.62. The minimum Gasteiger partial charge on any atom is -0.486 e. The van der Waals surface area contributed by atoms with Crippen LogP contribution in [0.1, 0.15) is 26.7 Å². The molecule has 21 heavy (non-hydrogen) atoms. The van der Waals surface area contributed by atoms with Gasteiger partial charge in [0.2, 0.25) is 0 Å². The van der Waals surface area contributed by atoms with Crippen molar-refractivity contribution in [3.63, 3.8) is 0 Å². The number of nitrogens with two attached hydrogens (primary N) is 1. The van der Waals surface area contributed by atoms with E-state index in [-0.39, 0.29) is 11.3 Å². The molecule has 5 atom stereocenters. The average Bonchev–Trinajstić information content (AvgIpc) is 2.45. The molecule has 1 heterocycles. The number of benzene rings is 1. The van der Waals surface area contributed by atoms with Gasteiger partial charge in [0, 0.05) is 17.0 Å². The predicted octanol–water partition coefficient (Wildman–Crippen LogP) is 2.33. The van der Waals surface area contributed by atoms with Gasteiger partial charge >= 0.3 is 0 Å². The van der Waals surface area contributed by atoms with Gasteiger partial charge in [-0.05, 0) is 36.8 Å². The lowest BCUT2D eigenvalue weighted by atomic mass is 9.80. The molecule has 1 fully saturated rings. The van der Waals surface area contributed by atoms with Crippen molar-refractivity contribution in [3.05, 3.63) is 18.2 Å². The van der Waals surface area contributed by atoms with Crippen LogP contribution in [-0.2, 0) is 10.8 Å². The highest BCUT2D eigenvalue weighted by Crippen LogP contribution is 2.36. The van der Waals surface area contributed by atoms with Crippen LogP contribution in [0.5, 0.6) is 11.5 Å². The fourth-order valence-electron chi connectivity index (χ4n) is 3.56. The van der Waals surface area contributed by atoms with Gasteiger partial charge in [0.1, 0.15) is 13.2 Å². The fraction of sp³-hybridized carbons (Fsp3) is 0.625. The van der Waals surface area contributed by atoms with Crippen molar-refractivity contribution in [2.75, 3.05) is 13.2 Å².